The van der Waals surface area contributed by atoms with E-state index >= 15 is 0 Å². The van der Waals surface area contributed by atoms with E-state index in [1.165, 1.54) is 0 Å². The van der Waals surface area contributed by atoms with Crippen molar-refractivity contribution in [1.82, 2.24) is 10.1 Å². The van der Waals surface area contributed by atoms with E-state index in [4.69, 9.17) is 4.52 Å². The number of carbonyl (C=O) groups is 1. The fourth-order valence-corrected chi connectivity index (χ4v) is 2.50. The molecule has 0 aromatic carbocycles. The Bertz CT molecular complexity index is 404. The zero-order valence-electron chi connectivity index (χ0n) is 10.8. The van der Waals surface area contributed by atoms with Crippen LogP contribution in [0.2, 0.25) is 0 Å². The SMILES string of the molecule is CCCCSC(C)C(=O)Nc1nc(C2CC2)no1. The molecular formula is C12H19N3O2S. The number of carbonyl (C=O) groups excluding carboxylic acids is 1. The van der Waals surface area contributed by atoms with Gasteiger partial charge in [-0.15, -0.1) is 11.8 Å². The molecule has 0 bridgehead atoms. The first-order valence-corrected chi connectivity index (χ1v) is 7.51. The van der Waals surface area contributed by atoms with Crippen molar-refractivity contribution in [3.63, 3.8) is 0 Å². The summed E-state index contributed by atoms with van der Waals surface area (Å²) in [5.41, 5.74) is 0. The average Bonchev–Trinajstić information content (AvgIpc) is 3.11. The summed E-state index contributed by atoms with van der Waals surface area (Å²) in [6.07, 6.45) is 4.52. The number of anilines is 1. The molecule has 1 heterocycles. The third kappa shape index (κ3) is 3.73. The zero-order valence-corrected chi connectivity index (χ0v) is 11.6. The van der Waals surface area contributed by atoms with Crippen LogP contribution in [-0.4, -0.2) is 27.1 Å². The van der Waals surface area contributed by atoms with Gasteiger partial charge >= 0.3 is 6.01 Å². The van der Waals surface area contributed by atoms with Crippen LogP contribution >= 0.6 is 11.8 Å². The number of unbranched alkanes of at least 4 members (excludes halogenated alkanes) is 1. The van der Waals surface area contributed by atoms with Crippen molar-refractivity contribution >= 4 is 23.7 Å². The lowest BCUT2D eigenvalue weighted by molar-refractivity contribution is -0.115. The van der Waals surface area contributed by atoms with E-state index in [0.29, 0.717) is 5.92 Å². The summed E-state index contributed by atoms with van der Waals surface area (Å²) in [6.45, 7) is 4.04. The number of nitrogens with zero attached hydrogens (tertiary/aromatic N) is 2. The van der Waals surface area contributed by atoms with Crippen molar-refractivity contribution in [2.75, 3.05) is 11.1 Å². The van der Waals surface area contributed by atoms with Crippen LogP contribution in [0, 0.1) is 0 Å². The molecule has 6 heteroatoms. The molecule has 2 rings (SSSR count). The van der Waals surface area contributed by atoms with Crippen LogP contribution in [0.3, 0.4) is 0 Å². The Morgan fingerprint density at radius 2 is 2.39 bits per heavy atom. The predicted molar refractivity (Wildman–Crippen MR) is 71.7 cm³/mol. The van der Waals surface area contributed by atoms with Crippen molar-refractivity contribution in [3.8, 4) is 0 Å². The van der Waals surface area contributed by atoms with Crippen LogP contribution in [-0.2, 0) is 4.79 Å². The van der Waals surface area contributed by atoms with Gasteiger partial charge in [0.15, 0.2) is 5.82 Å². The third-order valence-electron chi connectivity index (χ3n) is 2.85. The molecule has 1 N–H and O–H groups in total. The average molecular weight is 269 g/mol. The number of amides is 1. The Morgan fingerprint density at radius 3 is 3.06 bits per heavy atom. The number of thioether (sulfide) groups is 1. The molecule has 1 amide bonds. The van der Waals surface area contributed by atoms with Crippen LogP contribution in [0.4, 0.5) is 6.01 Å². The van der Waals surface area contributed by atoms with E-state index < -0.39 is 0 Å². The minimum absolute atomic E-state index is 0.0675. The highest BCUT2D eigenvalue weighted by atomic mass is 32.2. The van der Waals surface area contributed by atoms with E-state index in [2.05, 4.69) is 22.4 Å². The first-order valence-electron chi connectivity index (χ1n) is 6.46. The molecule has 0 radical (unpaired) electrons. The van der Waals surface area contributed by atoms with Gasteiger partial charge in [0.2, 0.25) is 5.91 Å². The number of hydrogen-bond donors (Lipinski definition) is 1. The van der Waals surface area contributed by atoms with Gasteiger partial charge in [-0.1, -0.05) is 18.5 Å². The van der Waals surface area contributed by atoms with Crippen LogP contribution in [0.15, 0.2) is 4.52 Å². The smallest absolute Gasteiger partial charge is 0.315 e. The molecule has 1 fully saturated rings. The van der Waals surface area contributed by atoms with Crippen LogP contribution in [0.1, 0.15) is 51.3 Å². The molecule has 0 saturated heterocycles. The minimum Gasteiger partial charge on any atom is -0.315 e. The molecule has 1 unspecified atom stereocenters. The highest BCUT2D eigenvalue weighted by Gasteiger charge is 2.29. The third-order valence-corrected chi connectivity index (χ3v) is 4.09. The second-order valence-corrected chi connectivity index (χ2v) is 6.04. The van der Waals surface area contributed by atoms with Crippen molar-refractivity contribution in [2.45, 2.75) is 50.7 Å². The molecular weight excluding hydrogens is 250 g/mol. The summed E-state index contributed by atoms with van der Waals surface area (Å²) in [4.78, 5) is 16.0. The Labute approximate surface area is 111 Å². The van der Waals surface area contributed by atoms with Crippen molar-refractivity contribution < 1.29 is 9.32 Å². The predicted octanol–water partition coefficient (Wildman–Crippen LogP) is 2.81. The molecule has 1 atom stereocenters. The summed E-state index contributed by atoms with van der Waals surface area (Å²) in [7, 11) is 0. The fraction of sp³-hybridized carbons (Fsp3) is 0.750. The van der Waals surface area contributed by atoms with Gasteiger partial charge in [-0.3, -0.25) is 10.1 Å². The lowest BCUT2D eigenvalue weighted by Gasteiger charge is -2.08. The van der Waals surface area contributed by atoms with Crippen LogP contribution in [0.5, 0.6) is 0 Å². The largest absolute Gasteiger partial charge is 0.328 e. The quantitative estimate of drug-likeness (QED) is 0.771. The van der Waals surface area contributed by atoms with Crippen LogP contribution < -0.4 is 5.32 Å². The first kappa shape index (κ1) is 13.4. The number of hydrogen-bond acceptors (Lipinski definition) is 5. The maximum absolute atomic E-state index is 11.8. The standard InChI is InChI=1S/C12H19N3O2S/c1-3-4-7-18-8(2)11(16)14-12-13-10(15-17-12)9-5-6-9/h8-9H,3-7H2,1-2H3,(H,13,14,15,16). The maximum Gasteiger partial charge on any atom is 0.328 e. The number of nitrogens with one attached hydrogen (secondary N) is 1. The van der Waals surface area contributed by atoms with Gasteiger partial charge < -0.3 is 4.52 Å². The minimum atomic E-state index is -0.0900. The highest BCUT2D eigenvalue weighted by Crippen LogP contribution is 2.38. The Hall–Kier alpha value is -1.04. The van der Waals surface area contributed by atoms with Gasteiger partial charge in [-0.2, -0.15) is 4.98 Å². The molecule has 1 saturated carbocycles. The van der Waals surface area contributed by atoms with Crippen molar-refractivity contribution in [1.29, 1.82) is 0 Å². The highest BCUT2D eigenvalue weighted by molar-refractivity contribution is 8.00. The molecule has 0 aliphatic heterocycles. The van der Waals surface area contributed by atoms with E-state index in [9.17, 15) is 4.79 Å². The maximum atomic E-state index is 11.8. The van der Waals surface area contributed by atoms with Crippen molar-refractivity contribution in [2.24, 2.45) is 0 Å². The van der Waals surface area contributed by atoms with E-state index in [-0.39, 0.29) is 17.2 Å². The Kier molecular flexibility index (Phi) is 4.63. The number of aromatic nitrogens is 2. The molecule has 5 nitrogen and oxygen atoms in total. The van der Waals surface area contributed by atoms with Gasteiger partial charge in [0, 0.05) is 5.92 Å². The van der Waals surface area contributed by atoms with Crippen LogP contribution in [0.25, 0.3) is 0 Å². The lowest BCUT2D eigenvalue weighted by atomic mass is 10.4. The summed E-state index contributed by atoms with van der Waals surface area (Å²) < 4.78 is 5.01. The van der Waals surface area contributed by atoms with Gasteiger partial charge in [0.05, 0.1) is 5.25 Å². The molecule has 100 valence electrons. The van der Waals surface area contributed by atoms with Gasteiger partial charge in [-0.05, 0) is 31.9 Å². The summed E-state index contributed by atoms with van der Waals surface area (Å²) in [5, 5.41) is 6.44. The summed E-state index contributed by atoms with van der Waals surface area (Å²) in [6, 6.07) is 0.227. The molecule has 1 aromatic heterocycles. The van der Waals surface area contributed by atoms with Gasteiger partial charge in [0.25, 0.3) is 0 Å². The molecule has 1 aromatic rings. The van der Waals surface area contributed by atoms with Gasteiger partial charge in [-0.25, -0.2) is 0 Å². The topological polar surface area (TPSA) is 68.0 Å². The molecule has 1 aliphatic rings. The van der Waals surface area contributed by atoms with Gasteiger partial charge in [0.1, 0.15) is 0 Å². The molecule has 18 heavy (non-hydrogen) atoms. The second kappa shape index (κ2) is 6.22. The van der Waals surface area contributed by atoms with E-state index in [1.807, 2.05) is 6.92 Å². The Morgan fingerprint density at radius 1 is 1.61 bits per heavy atom. The lowest BCUT2D eigenvalue weighted by Crippen LogP contribution is -2.23. The summed E-state index contributed by atoms with van der Waals surface area (Å²) >= 11 is 1.65. The Balaban J connectivity index is 1.78. The monoisotopic (exact) mass is 269 g/mol. The van der Waals surface area contributed by atoms with E-state index in [1.54, 1.807) is 11.8 Å². The molecule has 0 spiro atoms. The zero-order chi connectivity index (χ0) is 13.0. The van der Waals surface area contributed by atoms with Crippen molar-refractivity contribution in [3.05, 3.63) is 5.82 Å². The number of rotatable bonds is 7. The fourth-order valence-electron chi connectivity index (χ4n) is 1.48. The summed E-state index contributed by atoms with van der Waals surface area (Å²) in [5.74, 6) is 2.09. The normalized spacial score (nSPS) is 16.6. The second-order valence-electron chi connectivity index (χ2n) is 4.59. The van der Waals surface area contributed by atoms with E-state index in [0.717, 1.165) is 37.3 Å². The molecule has 1 aliphatic carbocycles. The first-order chi connectivity index (χ1) is 8.70.